The van der Waals surface area contributed by atoms with E-state index in [1.54, 1.807) is 0 Å². The van der Waals surface area contributed by atoms with E-state index in [9.17, 15) is 22.0 Å². The number of piperidine rings is 1. The van der Waals surface area contributed by atoms with Crippen LogP contribution in [0.15, 0.2) is 35.2 Å². The quantitative estimate of drug-likeness (QED) is 0.600. The van der Waals surface area contributed by atoms with Gasteiger partial charge in [-0.2, -0.15) is 4.31 Å². The van der Waals surface area contributed by atoms with Crippen molar-refractivity contribution in [2.24, 2.45) is 0 Å². The van der Waals surface area contributed by atoms with E-state index in [1.807, 2.05) is 0 Å². The fourth-order valence-corrected chi connectivity index (χ4v) is 5.92. The predicted octanol–water partition coefficient (Wildman–Crippen LogP) is 4.65. The highest BCUT2D eigenvalue weighted by Gasteiger charge is 2.27. The summed E-state index contributed by atoms with van der Waals surface area (Å²) in [4.78, 5) is 16.7. The van der Waals surface area contributed by atoms with Gasteiger partial charge in [-0.05, 0) is 37.1 Å². The van der Waals surface area contributed by atoms with Crippen LogP contribution in [0.25, 0.3) is 10.2 Å². The number of rotatable bonds is 4. The molecule has 0 unspecified atom stereocenters. The van der Waals surface area contributed by atoms with Crippen LogP contribution >= 0.6 is 22.9 Å². The first-order valence-corrected chi connectivity index (χ1v) is 11.8. The van der Waals surface area contributed by atoms with E-state index in [-0.39, 0.29) is 30.8 Å². The molecule has 2 heterocycles. The molecule has 6 nitrogen and oxygen atoms in total. The maximum atomic E-state index is 13.8. The number of hydrogen-bond acceptors (Lipinski definition) is 5. The first-order chi connectivity index (χ1) is 14.3. The molecule has 0 bridgehead atoms. The van der Waals surface area contributed by atoms with Crippen LogP contribution in [0.5, 0.6) is 0 Å². The molecule has 2 aromatic carbocycles. The Bertz CT molecular complexity index is 1240. The van der Waals surface area contributed by atoms with E-state index in [0.717, 1.165) is 36.7 Å². The molecule has 4 rings (SSSR count). The Morgan fingerprint density at radius 1 is 1.13 bits per heavy atom. The van der Waals surface area contributed by atoms with Crippen LogP contribution in [0, 0.1) is 11.6 Å². The lowest BCUT2D eigenvalue weighted by Crippen LogP contribution is -2.35. The van der Waals surface area contributed by atoms with Crippen molar-refractivity contribution in [1.29, 1.82) is 0 Å². The van der Waals surface area contributed by atoms with Crippen molar-refractivity contribution in [1.82, 2.24) is 9.29 Å². The van der Waals surface area contributed by atoms with Crippen LogP contribution in [0.4, 0.5) is 13.9 Å². The Kier molecular flexibility index (Phi) is 5.75. The van der Waals surface area contributed by atoms with Gasteiger partial charge in [-0.3, -0.25) is 10.1 Å². The number of halogens is 3. The molecule has 3 aromatic rings. The van der Waals surface area contributed by atoms with Gasteiger partial charge in [-0.25, -0.2) is 22.2 Å². The molecule has 1 saturated heterocycles. The number of carbonyl (C=O) groups is 1. The van der Waals surface area contributed by atoms with Gasteiger partial charge in [0, 0.05) is 19.2 Å². The monoisotopic (exact) mass is 471 g/mol. The molecular weight excluding hydrogens is 456 g/mol. The highest BCUT2D eigenvalue weighted by Crippen LogP contribution is 2.30. The van der Waals surface area contributed by atoms with Gasteiger partial charge < -0.3 is 0 Å². The zero-order valence-electron chi connectivity index (χ0n) is 15.5. The minimum atomic E-state index is -3.75. The van der Waals surface area contributed by atoms with Crippen molar-refractivity contribution >= 4 is 54.2 Å². The van der Waals surface area contributed by atoms with E-state index in [4.69, 9.17) is 11.6 Å². The maximum Gasteiger partial charge on any atom is 0.259 e. The third-order valence-corrected chi connectivity index (χ3v) is 7.91. The van der Waals surface area contributed by atoms with E-state index < -0.39 is 27.6 Å². The number of anilines is 1. The van der Waals surface area contributed by atoms with Crippen molar-refractivity contribution in [3.8, 4) is 0 Å². The van der Waals surface area contributed by atoms with Crippen molar-refractivity contribution in [3.05, 3.63) is 52.6 Å². The number of fused-ring (bicyclic) bond motifs is 1. The largest absolute Gasteiger partial charge is 0.298 e. The van der Waals surface area contributed by atoms with Gasteiger partial charge >= 0.3 is 0 Å². The number of hydrogen-bond donors (Lipinski definition) is 1. The molecule has 1 aliphatic heterocycles. The van der Waals surface area contributed by atoms with E-state index >= 15 is 0 Å². The molecule has 0 radical (unpaired) electrons. The average molecular weight is 472 g/mol. The van der Waals surface area contributed by atoms with Gasteiger partial charge in [-0.1, -0.05) is 29.4 Å². The second-order valence-electron chi connectivity index (χ2n) is 6.81. The summed E-state index contributed by atoms with van der Waals surface area (Å²) < 4.78 is 54.6. The molecule has 0 aliphatic carbocycles. The van der Waals surface area contributed by atoms with E-state index in [0.29, 0.717) is 19.2 Å². The number of aromatic nitrogens is 1. The summed E-state index contributed by atoms with van der Waals surface area (Å²) in [6.45, 7) is 0.862. The molecule has 1 fully saturated rings. The highest BCUT2D eigenvalue weighted by molar-refractivity contribution is 7.89. The van der Waals surface area contributed by atoms with Crippen LogP contribution in [-0.2, 0) is 10.0 Å². The van der Waals surface area contributed by atoms with Gasteiger partial charge in [0.05, 0.1) is 20.2 Å². The second kappa shape index (κ2) is 8.18. The van der Waals surface area contributed by atoms with E-state index in [2.05, 4.69) is 10.3 Å². The number of benzene rings is 2. The normalized spacial score (nSPS) is 15.4. The fraction of sp³-hybridized carbons (Fsp3) is 0.263. The van der Waals surface area contributed by atoms with Crippen molar-refractivity contribution in [3.63, 3.8) is 0 Å². The van der Waals surface area contributed by atoms with Crippen LogP contribution < -0.4 is 5.32 Å². The summed E-state index contributed by atoms with van der Waals surface area (Å²) in [5.41, 5.74) is -0.120. The summed E-state index contributed by atoms with van der Waals surface area (Å²) >= 11 is 7.02. The molecule has 1 amide bonds. The minimum absolute atomic E-state index is 0.0311. The van der Waals surface area contributed by atoms with Crippen LogP contribution in [-0.4, -0.2) is 36.7 Å². The van der Waals surface area contributed by atoms with Crippen LogP contribution in [0.2, 0.25) is 5.02 Å². The van der Waals surface area contributed by atoms with Gasteiger partial charge in [-0.15, -0.1) is 0 Å². The maximum absolute atomic E-state index is 13.8. The molecule has 158 valence electrons. The summed E-state index contributed by atoms with van der Waals surface area (Å²) in [5, 5.41) is 2.58. The number of nitrogens with one attached hydrogen (secondary N) is 1. The lowest BCUT2D eigenvalue weighted by molar-refractivity contribution is 0.102. The lowest BCUT2D eigenvalue weighted by Gasteiger charge is -2.26. The molecule has 1 N–H and O–H groups in total. The van der Waals surface area contributed by atoms with Gasteiger partial charge in [0.15, 0.2) is 10.9 Å². The fourth-order valence-electron chi connectivity index (χ4n) is 3.27. The molecule has 30 heavy (non-hydrogen) atoms. The van der Waals surface area contributed by atoms with Crippen molar-refractivity contribution < 1.29 is 22.0 Å². The van der Waals surface area contributed by atoms with Gasteiger partial charge in [0.25, 0.3) is 5.91 Å². The standard InChI is InChI=1S/C19H16ClF2N3O3S2/c20-14-5-4-12(30(27,28)25-6-2-1-3-7-25)10-13(14)18(26)24-19-23-17-15(22)8-11(21)9-16(17)29-19/h4-5,8-10H,1-3,6-7H2,(H,23,24,26). The zero-order valence-corrected chi connectivity index (χ0v) is 17.9. The summed E-state index contributed by atoms with van der Waals surface area (Å²) in [5.74, 6) is -2.29. The number of nitrogens with zero attached hydrogens (tertiary/aromatic N) is 2. The summed E-state index contributed by atoms with van der Waals surface area (Å²) in [6.07, 6.45) is 2.55. The molecular formula is C19H16ClF2N3O3S2. The van der Waals surface area contributed by atoms with Gasteiger partial charge in [0.1, 0.15) is 11.3 Å². The van der Waals surface area contributed by atoms with Crippen LogP contribution in [0.1, 0.15) is 29.6 Å². The topological polar surface area (TPSA) is 79.4 Å². The van der Waals surface area contributed by atoms with Gasteiger partial charge in [0.2, 0.25) is 10.0 Å². The SMILES string of the molecule is O=C(Nc1nc2c(F)cc(F)cc2s1)c1cc(S(=O)(=O)N2CCCCC2)ccc1Cl. The minimum Gasteiger partial charge on any atom is -0.298 e. The first kappa shape index (κ1) is 21.1. The Morgan fingerprint density at radius 2 is 1.87 bits per heavy atom. The molecule has 0 atom stereocenters. The molecule has 11 heteroatoms. The Hall–Kier alpha value is -2.14. The average Bonchev–Trinajstić information content (AvgIpc) is 3.11. The molecule has 0 spiro atoms. The third kappa shape index (κ3) is 4.04. The number of carbonyl (C=O) groups excluding carboxylic acids is 1. The Balaban J connectivity index is 1.63. The Labute approximate surface area is 180 Å². The molecule has 1 aliphatic rings. The summed E-state index contributed by atoms with van der Waals surface area (Å²) in [7, 11) is -3.75. The summed E-state index contributed by atoms with van der Waals surface area (Å²) in [6, 6.07) is 5.75. The predicted molar refractivity (Wildman–Crippen MR) is 112 cm³/mol. The van der Waals surface area contributed by atoms with Crippen LogP contribution in [0.3, 0.4) is 0 Å². The first-order valence-electron chi connectivity index (χ1n) is 9.12. The number of amides is 1. The van der Waals surface area contributed by atoms with E-state index in [1.165, 1.54) is 22.5 Å². The molecule has 1 aromatic heterocycles. The third-order valence-electron chi connectivity index (χ3n) is 4.77. The smallest absolute Gasteiger partial charge is 0.259 e. The molecule has 0 saturated carbocycles. The lowest BCUT2D eigenvalue weighted by atomic mass is 10.2. The second-order valence-corrected chi connectivity index (χ2v) is 10.2. The number of thiazole rings is 1. The number of sulfonamides is 1. The highest BCUT2D eigenvalue weighted by atomic mass is 35.5. The Morgan fingerprint density at radius 3 is 2.60 bits per heavy atom. The van der Waals surface area contributed by atoms with Crippen molar-refractivity contribution in [2.75, 3.05) is 18.4 Å². The zero-order chi connectivity index (χ0) is 21.5. The van der Waals surface area contributed by atoms with Crippen molar-refractivity contribution in [2.45, 2.75) is 24.2 Å².